The molecule has 0 aromatic heterocycles. The molecule has 1 fully saturated rings. The van der Waals surface area contributed by atoms with Gasteiger partial charge in [0.05, 0.1) is 37.2 Å². The second kappa shape index (κ2) is 9.86. The molecule has 0 bridgehead atoms. The summed E-state index contributed by atoms with van der Waals surface area (Å²) in [6, 6.07) is 12.0. The van der Waals surface area contributed by atoms with Crippen molar-refractivity contribution in [3.8, 4) is 5.75 Å². The first-order valence-electron chi connectivity index (χ1n) is 9.71. The van der Waals surface area contributed by atoms with Crippen molar-refractivity contribution in [2.24, 2.45) is 0 Å². The van der Waals surface area contributed by atoms with E-state index in [-0.39, 0.29) is 23.7 Å². The van der Waals surface area contributed by atoms with Crippen LogP contribution in [-0.4, -0.2) is 73.3 Å². The fourth-order valence-corrected chi connectivity index (χ4v) is 5.39. The van der Waals surface area contributed by atoms with Gasteiger partial charge in [0.15, 0.2) is 0 Å². The highest BCUT2D eigenvalue weighted by molar-refractivity contribution is 7.92. The highest BCUT2D eigenvalue weighted by Gasteiger charge is 2.27. The molecule has 0 atom stereocenters. The number of nitrogens with zero attached hydrogens (tertiary/aromatic N) is 2. The zero-order valence-corrected chi connectivity index (χ0v) is 19.4. The monoisotopic (exact) mass is 483 g/mol. The molecule has 174 valence electrons. The molecule has 1 heterocycles. The Morgan fingerprint density at radius 1 is 1.03 bits per heavy atom. The van der Waals surface area contributed by atoms with Crippen LogP contribution in [0.1, 0.15) is 0 Å². The fraction of sp³-hybridized carbons (Fsp3) is 0.350. The van der Waals surface area contributed by atoms with E-state index >= 15 is 0 Å². The van der Waals surface area contributed by atoms with E-state index in [1.165, 1.54) is 35.7 Å². The molecule has 1 amide bonds. The Hall–Kier alpha value is -2.67. The lowest BCUT2D eigenvalue weighted by molar-refractivity contribution is -0.114. The highest BCUT2D eigenvalue weighted by Crippen LogP contribution is 2.23. The van der Waals surface area contributed by atoms with Crippen LogP contribution in [0, 0.1) is 0 Å². The van der Waals surface area contributed by atoms with Gasteiger partial charge >= 0.3 is 0 Å². The number of carbonyl (C=O) groups excluding carboxylic acids is 1. The summed E-state index contributed by atoms with van der Waals surface area (Å²) in [5.41, 5.74) is 0.662. The van der Waals surface area contributed by atoms with E-state index in [4.69, 9.17) is 9.47 Å². The quantitative estimate of drug-likeness (QED) is 0.597. The van der Waals surface area contributed by atoms with Gasteiger partial charge in [-0.25, -0.2) is 16.8 Å². The third-order valence-corrected chi connectivity index (χ3v) is 7.85. The van der Waals surface area contributed by atoms with Crippen molar-refractivity contribution in [1.29, 1.82) is 0 Å². The van der Waals surface area contributed by atoms with Gasteiger partial charge in [0, 0.05) is 18.8 Å². The van der Waals surface area contributed by atoms with Crippen molar-refractivity contribution in [3.63, 3.8) is 0 Å². The summed E-state index contributed by atoms with van der Waals surface area (Å²) in [5.74, 6) is 0.0680. The van der Waals surface area contributed by atoms with Gasteiger partial charge in [-0.15, -0.1) is 0 Å². The molecule has 0 unspecified atom stereocenters. The zero-order valence-electron chi connectivity index (χ0n) is 17.7. The number of rotatable bonds is 8. The first-order valence-corrected chi connectivity index (χ1v) is 13.0. The lowest BCUT2D eigenvalue weighted by Crippen LogP contribution is -2.40. The number of nitrogens with one attached hydrogen (secondary N) is 1. The van der Waals surface area contributed by atoms with Gasteiger partial charge in [-0.1, -0.05) is 0 Å². The van der Waals surface area contributed by atoms with Gasteiger partial charge in [-0.3, -0.25) is 9.10 Å². The first kappa shape index (κ1) is 24.0. The maximum atomic E-state index is 12.8. The second-order valence-electron chi connectivity index (χ2n) is 7.06. The van der Waals surface area contributed by atoms with E-state index in [2.05, 4.69) is 5.32 Å². The molecule has 0 aliphatic carbocycles. The predicted octanol–water partition coefficient (Wildman–Crippen LogP) is 1.12. The van der Waals surface area contributed by atoms with Crippen molar-refractivity contribution in [2.75, 3.05) is 55.8 Å². The minimum Gasteiger partial charge on any atom is -0.497 e. The fourth-order valence-electron chi connectivity index (χ4n) is 3.13. The Kier molecular flexibility index (Phi) is 7.39. The van der Waals surface area contributed by atoms with Crippen molar-refractivity contribution >= 4 is 37.3 Å². The highest BCUT2D eigenvalue weighted by atomic mass is 32.2. The first-order chi connectivity index (χ1) is 15.1. The van der Waals surface area contributed by atoms with Gasteiger partial charge in [0.1, 0.15) is 12.3 Å². The molecule has 1 aliphatic rings. The van der Waals surface area contributed by atoms with Crippen LogP contribution in [0.5, 0.6) is 5.75 Å². The minimum atomic E-state index is -3.81. The number of carbonyl (C=O) groups is 1. The molecule has 10 nitrogen and oxygen atoms in total. The van der Waals surface area contributed by atoms with E-state index in [9.17, 15) is 21.6 Å². The number of benzene rings is 2. The van der Waals surface area contributed by atoms with Crippen molar-refractivity contribution in [3.05, 3.63) is 48.5 Å². The molecule has 12 heteroatoms. The molecule has 1 saturated heterocycles. The van der Waals surface area contributed by atoms with Crippen molar-refractivity contribution < 1.29 is 31.1 Å². The number of sulfonamides is 2. The maximum absolute atomic E-state index is 12.8. The van der Waals surface area contributed by atoms with Gasteiger partial charge < -0.3 is 14.8 Å². The second-order valence-corrected chi connectivity index (χ2v) is 10.9. The molecule has 1 aliphatic heterocycles. The van der Waals surface area contributed by atoms with Crippen LogP contribution in [0.25, 0.3) is 0 Å². The van der Waals surface area contributed by atoms with Crippen LogP contribution in [-0.2, 0) is 29.6 Å². The number of anilines is 2. The smallest absolute Gasteiger partial charge is 0.245 e. The standard InChI is InChI=1S/C20H25N3O7S2/c1-29-18-7-3-16(4-8-18)21-20(24)15-23(31(2,25)26)17-5-9-19(10-6-17)32(27,28)22-11-13-30-14-12-22/h3-10H,11-15H2,1-2H3,(H,21,24). The van der Waals surface area contributed by atoms with Crippen molar-refractivity contribution in [1.82, 2.24) is 4.31 Å². The number of hydrogen-bond donors (Lipinski definition) is 1. The van der Waals surface area contributed by atoms with Crippen LogP contribution >= 0.6 is 0 Å². The minimum absolute atomic E-state index is 0.0410. The van der Waals surface area contributed by atoms with Gasteiger partial charge in [-0.05, 0) is 48.5 Å². The number of ether oxygens (including phenoxy) is 2. The molecule has 0 spiro atoms. The lowest BCUT2D eigenvalue weighted by atomic mass is 10.3. The molecule has 0 saturated carbocycles. The van der Waals surface area contributed by atoms with Crippen LogP contribution in [0.2, 0.25) is 0 Å². The third-order valence-electron chi connectivity index (χ3n) is 4.79. The lowest BCUT2D eigenvalue weighted by Gasteiger charge is -2.26. The Labute approximate surface area is 187 Å². The summed E-state index contributed by atoms with van der Waals surface area (Å²) < 4.78 is 62.6. The molecular weight excluding hydrogens is 458 g/mol. The number of methoxy groups -OCH3 is 1. The molecule has 2 aromatic rings. The zero-order chi connectivity index (χ0) is 23.4. The van der Waals surface area contributed by atoms with Crippen LogP contribution in [0.3, 0.4) is 0 Å². The average molecular weight is 484 g/mol. The van der Waals surface area contributed by atoms with Crippen LogP contribution in [0.15, 0.2) is 53.4 Å². The van der Waals surface area contributed by atoms with E-state index in [0.29, 0.717) is 24.7 Å². The van der Waals surface area contributed by atoms with E-state index < -0.39 is 32.5 Å². The Morgan fingerprint density at radius 3 is 2.16 bits per heavy atom. The SMILES string of the molecule is COc1ccc(NC(=O)CN(c2ccc(S(=O)(=O)N3CCOCC3)cc2)S(C)(=O)=O)cc1. The van der Waals surface area contributed by atoms with Crippen LogP contribution in [0.4, 0.5) is 11.4 Å². The normalized spacial score (nSPS) is 15.2. The maximum Gasteiger partial charge on any atom is 0.245 e. The van der Waals surface area contributed by atoms with E-state index in [1.54, 1.807) is 24.3 Å². The Balaban J connectivity index is 1.76. The number of morpholine rings is 1. The van der Waals surface area contributed by atoms with Gasteiger partial charge in [-0.2, -0.15) is 4.31 Å². The van der Waals surface area contributed by atoms with Crippen LogP contribution < -0.4 is 14.4 Å². The Bertz CT molecular complexity index is 1140. The number of amides is 1. The van der Waals surface area contributed by atoms with E-state index in [1.807, 2.05) is 0 Å². The van der Waals surface area contributed by atoms with Gasteiger partial charge in [0.2, 0.25) is 26.0 Å². The summed E-state index contributed by atoms with van der Waals surface area (Å²) in [6.45, 7) is 0.682. The summed E-state index contributed by atoms with van der Waals surface area (Å²) in [6.07, 6.45) is 0.978. The summed E-state index contributed by atoms with van der Waals surface area (Å²) in [7, 11) is -6.00. The molecule has 3 rings (SSSR count). The molecule has 1 N–H and O–H groups in total. The van der Waals surface area contributed by atoms with E-state index in [0.717, 1.165) is 10.6 Å². The van der Waals surface area contributed by atoms with Gasteiger partial charge in [0.25, 0.3) is 0 Å². The summed E-state index contributed by atoms with van der Waals surface area (Å²) in [4.78, 5) is 12.5. The molecular formula is C20H25N3O7S2. The molecule has 0 radical (unpaired) electrons. The molecule has 2 aromatic carbocycles. The largest absolute Gasteiger partial charge is 0.497 e. The third kappa shape index (κ3) is 5.76. The predicted molar refractivity (Wildman–Crippen MR) is 120 cm³/mol. The molecule has 32 heavy (non-hydrogen) atoms. The van der Waals surface area contributed by atoms with Crippen molar-refractivity contribution in [2.45, 2.75) is 4.90 Å². The summed E-state index contributed by atoms with van der Waals surface area (Å²) >= 11 is 0. The summed E-state index contributed by atoms with van der Waals surface area (Å²) in [5, 5.41) is 2.63. The Morgan fingerprint density at radius 2 is 1.62 bits per heavy atom. The number of hydrogen-bond acceptors (Lipinski definition) is 7. The topological polar surface area (TPSA) is 122 Å². The average Bonchev–Trinajstić information content (AvgIpc) is 2.78.